The van der Waals surface area contributed by atoms with Crippen LogP contribution in [-0.4, -0.2) is 18.3 Å². The maximum atomic E-state index is 9.16. The Morgan fingerprint density at radius 2 is 1.90 bits per heavy atom. The molecule has 1 N–H and O–H groups in total. The summed E-state index contributed by atoms with van der Waals surface area (Å²) in [5, 5.41) is 9.78. The topological polar surface area (TPSA) is 23.5 Å². The highest BCUT2D eigenvalue weighted by molar-refractivity contribution is 14.1. The van der Waals surface area contributed by atoms with E-state index in [4.69, 9.17) is 23.6 Å². The molecule has 0 aliphatic carbocycles. The molecule has 0 unspecified atom stereocenters. The number of rotatable bonds is 5. The summed E-state index contributed by atoms with van der Waals surface area (Å²) in [6.07, 6.45) is 0.674. The highest BCUT2D eigenvalue weighted by Crippen LogP contribution is 2.33. The minimum Gasteiger partial charge on any atom is -0.396 e. The van der Waals surface area contributed by atoms with E-state index >= 15 is 0 Å². The van der Waals surface area contributed by atoms with E-state index in [-0.39, 0.29) is 6.61 Å². The Morgan fingerprint density at radius 3 is 2.52 bits per heavy atom. The first-order valence-electron chi connectivity index (χ1n) is 6.72. The largest absolute Gasteiger partial charge is 0.396 e. The van der Waals surface area contributed by atoms with Crippen LogP contribution in [0.2, 0.25) is 5.02 Å². The quantitative estimate of drug-likeness (QED) is 0.710. The van der Waals surface area contributed by atoms with Gasteiger partial charge < -0.3 is 10.0 Å². The normalized spacial score (nSPS) is 10.7. The van der Waals surface area contributed by atoms with Gasteiger partial charge >= 0.3 is 0 Å². The van der Waals surface area contributed by atoms with Gasteiger partial charge in [0.1, 0.15) is 0 Å². The van der Waals surface area contributed by atoms with Crippen molar-refractivity contribution in [3.63, 3.8) is 0 Å². The third-order valence-electron chi connectivity index (χ3n) is 3.27. The Hall–Kier alpha value is -0.780. The van der Waals surface area contributed by atoms with Crippen LogP contribution in [0.25, 0.3) is 0 Å². The first-order valence-corrected chi connectivity index (χ1v) is 8.18. The minimum atomic E-state index is 0.146. The van der Waals surface area contributed by atoms with Crippen molar-refractivity contribution in [2.45, 2.75) is 13.3 Å². The van der Waals surface area contributed by atoms with Crippen LogP contribution in [0.15, 0.2) is 36.4 Å². The van der Waals surface area contributed by atoms with E-state index in [1.807, 2.05) is 12.1 Å². The maximum absolute atomic E-state index is 9.16. The smallest absolute Gasteiger partial charge is 0.0448 e. The van der Waals surface area contributed by atoms with Crippen molar-refractivity contribution in [3.8, 4) is 0 Å². The van der Waals surface area contributed by atoms with Gasteiger partial charge in [-0.1, -0.05) is 11.6 Å². The van der Waals surface area contributed by atoms with Gasteiger partial charge in [-0.05, 0) is 83.5 Å². The number of aliphatic hydroxyl groups excluding tert-OH is 1. The van der Waals surface area contributed by atoms with Gasteiger partial charge in [-0.15, -0.1) is 0 Å². The lowest BCUT2D eigenvalue weighted by Crippen LogP contribution is -2.21. The molecule has 110 valence electrons. The summed E-state index contributed by atoms with van der Waals surface area (Å²) < 4.78 is 1.19. The van der Waals surface area contributed by atoms with Gasteiger partial charge in [0.15, 0.2) is 0 Å². The lowest BCUT2D eigenvalue weighted by molar-refractivity contribution is 0.291. The zero-order valence-electron chi connectivity index (χ0n) is 11.8. The Kier molecular flexibility index (Phi) is 5.90. The monoisotopic (exact) mass is 413 g/mol. The second-order valence-corrected chi connectivity index (χ2v) is 6.54. The summed E-state index contributed by atoms with van der Waals surface area (Å²) in [6.45, 7) is 9.04. The molecule has 0 saturated heterocycles. The van der Waals surface area contributed by atoms with Gasteiger partial charge in [0.2, 0.25) is 0 Å². The zero-order chi connectivity index (χ0) is 15.4. The molecule has 0 fully saturated rings. The molecule has 2 radical (unpaired) electrons. The third-order valence-corrected chi connectivity index (χ3v) is 4.18. The zero-order valence-corrected chi connectivity index (χ0v) is 14.7. The summed E-state index contributed by atoms with van der Waals surface area (Å²) >= 11 is 8.28. The number of aliphatic hydroxyl groups is 1. The van der Waals surface area contributed by atoms with E-state index in [1.54, 1.807) is 6.07 Å². The molecule has 0 aromatic heterocycles. The molecule has 0 aliphatic rings. The van der Waals surface area contributed by atoms with Gasteiger partial charge in [0, 0.05) is 40.0 Å². The fraction of sp³-hybridized carbons (Fsp3) is 0.235. The highest BCUT2D eigenvalue weighted by Gasteiger charge is 2.14. The van der Waals surface area contributed by atoms with E-state index in [9.17, 15) is 0 Å². The van der Waals surface area contributed by atoms with Crippen molar-refractivity contribution >= 4 is 45.6 Å². The molecule has 2 aromatic rings. The van der Waals surface area contributed by atoms with Gasteiger partial charge in [-0.2, -0.15) is 0 Å². The van der Waals surface area contributed by atoms with Crippen LogP contribution in [0, 0.1) is 17.4 Å². The highest BCUT2D eigenvalue weighted by atomic mass is 127. The molecule has 0 heterocycles. The summed E-state index contributed by atoms with van der Waals surface area (Å²) in [6, 6.07) is 11.8. The Bertz CT molecular complexity index is 579. The molecule has 2 rings (SSSR count). The molecular weight excluding hydrogens is 397 g/mol. The number of aryl methyl sites for hydroxylation is 1. The van der Waals surface area contributed by atoms with Gasteiger partial charge in [-0.25, -0.2) is 0 Å². The van der Waals surface area contributed by atoms with E-state index < -0.39 is 0 Å². The molecule has 4 heteroatoms. The summed E-state index contributed by atoms with van der Waals surface area (Å²) in [4.78, 5) is 2.13. The summed E-state index contributed by atoms with van der Waals surface area (Å²) in [7, 11) is 0. The maximum Gasteiger partial charge on any atom is 0.0448 e. The lowest BCUT2D eigenvalue weighted by atomic mass is 10.1. The van der Waals surface area contributed by atoms with Crippen LogP contribution in [-0.2, 0) is 0 Å². The second-order valence-electron chi connectivity index (χ2n) is 4.86. The van der Waals surface area contributed by atoms with Crippen LogP contribution in [0.5, 0.6) is 0 Å². The van der Waals surface area contributed by atoms with Crippen LogP contribution < -0.4 is 4.90 Å². The fourth-order valence-electron chi connectivity index (χ4n) is 2.29. The van der Waals surface area contributed by atoms with Gasteiger partial charge in [0.05, 0.1) is 0 Å². The van der Waals surface area contributed by atoms with Crippen LogP contribution in [0.4, 0.5) is 11.4 Å². The fourth-order valence-corrected chi connectivity index (χ4v) is 3.12. The number of anilines is 2. The Balaban J connectivity index is 2.46. The predicted molar refractivity (Wildman–Crippen MR) is 97.5 cm³/mol. The van der Waals surface area contributed by atoms with Crippen molar-refractivity contribution in [2.24, 2.45) is 0 Å². The van der Waals surface area contributed by atoms with Gasteiger partial charge in [-0.3, -0.25) is 0 Å². The van der Waals surface area contributed by atoms with Crippen molar-refractivity contribution in [1.29, 1.82) is 0 Å². The molecule has 0 bridgehead atoms. The third kappa shape index (κ3) is 4.11. The van der Waals surface area contributed by atoms with E-state index in [2.05, 4.69) is 52.6 Å². The molecule has 0 aliphatic heterocycles. The van der Waals surface area contributed by atoms with E-state index in [0.717, 1.165) is 11.4 Å². The summed E-state index contributed by atoms with van der Waals surface area (Å²) in [5.74, 6) is 0. The average molecular weight is 414 g/mol. The molecule has 0 saturated carbocycles. The van der Waals surface area contributed by atoms with Crippen molar-refractivity contribution in [2.75, 3.05) is 18.1 Å². The summed E-state index contributed by atoms with van der Waals surface area (Å²) in [5.41, 5.74) is 3.82. The Labute approximate surface area is 144 Å². The average Bonchev–Trinajstić information content (AvgIpc) is 2.42. The van der Waals surface area contributed by atoms with Crippen LogP contribution >= 0.6 is 34.2 Å². The molecule has 21 heavy (non-hydrogen) atoms. The SMILES string of the molecule is [CH]c1cc(Cl)ccc1N(CCCO)c1ccc(I)cc1C. The Morgan fingerprint density at radius 1 is 1.19 bits per heavy atom. The van der Waals surface area contributed by atoms with Gasteiger partial charge in [0.25, 0.3) is 0 Å². The molecule has 2 nitrogen and oxygen atoms in total. The standard InChI is InChI=1S/C17H17ClINO/c1-12-10-14(18)4-6-16(12)20(8-3-9-21)17-7-5-15(19)11-13(17)2/h1,4-7,10-11,21H,3,8-9H2,2H3. The second kappa shape index (κ2) is 7.47. The minimum absolute atomic E-state index is 0.146. The molecule has 0 amide bonds. The van der Waals surface area contributed by atoms with Crippen LogP contribution in [0.1, 0.15) is 17.5 Å². The lowest BCUT2D eigenvalue weighted by Gasteiger charge is -2.28. The van der Waals surface area contributed by atoms with E-state index in [1.165, 1.54) is 9.13 Å². The molecule has 0 spiro atoms. The predicted octanol–water partition coefficient (Wildman–Crippen LogP) is 4.83. The first-order chi connectivity index (χ1) is 10.0. The molecular formula is C17H17ClINO. The van der Waals surface area contributed by atoms with Crippen LogP contribution in [0.3, 0.4) is 0 Å². The van der Waals surface area contributed by atoms with Crippen molar-refractivity contribution < 1.29 is 5.11 Å². The first kappa shape index (κ1) is 16.6. The molecule has 2 aromatic carbocycles. The number of halogens is 2. The molecule has 0 atom stereocenters. The van der Waals surface area contributed by atoms with Crippen molar-refractivity contribution in [3.05, 3.63) is 63.0 Å². The number of hydrogen-bond acceptors (Lipinski definition) is 2. The van der Waals surface area contributed by atoms with E-state index in [0.29, 0.717) is 23.6 Å². The van der Waals surface area contributed by atoms with Crippen molar-refractivity contribution in [1.82, 2.24) is 0 Å². The number of benzene rings is 2. The number of nitrogens with zero attached hydrogens (tertiary/aromatic N) is 1. The number of hydrogen-bond donors (Lipinski definition) is 1.